The second-order valence-corrected chi connectivity index (χ2v) is 8.38. The Morgan fingerprint density at radius 3 is 1.44 bits per heavy atom. The van der Waals surface area contributed by atoms with Crippen molar-refractivity contribution in [2.75, 3.05) is 7.11 Å². The predicted octanol–water partition coefficient (Wildman–Crippen LogP) is 4.67. The van der Waals surface area contributed by atoms with Gasteiger partial charge in [0, 0.05) is 0 Å². The fourth-order valence-corrected chi connectivity index (χ4v) is 2.02. The van der Waals surface area contributed by atoms with Crippen molar-refractivity contribution in [2.45, 2.75) is 68.7 Å². The van der Waals surface area contributed by atoms with E-state index >= 15 is 0 Å². The van der Waals surface area contributed by atoms with Crippen LogP contribution in [0.4, 0.5) is 0 Å². The maximum absolute atomic E-state index is 12.3. The summed E-state index contributed by atoms with van der Waals surface area (Å²) in [6, 6.07) is 0. The molecule has 0 N–H and O–H groups in total. The van der Waals surface area contributed by atoms with Gasteiger partial charge in [0.15, 0.2) is 0 Å². The number of carbonyl (C=O) groups is 1. The van der Waals surface area contributed by atoms with Gasteiger partial charge in [0.2, 0.25) is 0 Å². The first-order valence-corrected chi connectivity index (χ1v) is 6.77. The standard InChI is InChI=1S/C16H32O2/c1-13(2,3)15(7,8)11-16(9,12(17)18-10)14(4,5)6/h11H2,1-10H3. The third kappa shape index (κ3) is 3.27. The zero-order chi connectivity index (χ0) is 15.0. The van der Waals surface area contributed by atoms with Crippen LogP contribution in [0, 0.1) is 21.7 Å². The van der Waals surface area contributed by atoms with Gasteiger partial charge < -0.3 is 4.74 Å². The van der Waals surface area contributed by atoms with Crippen molar-refractivity contribution in [3.05, 3.63) is 0 Å². The lowest BCUT2D eigenvalue weighted by Crippen LogP contribution is -2.47. The largest absolute Gasteiger partial charge is 0.469 e. The van der Waals surface area contributed by atoms with E-state index in [2.05, 4.69) is 55.4 Å². The van der Waals surface area contributed by atoms with E-state index in [0.29, 0.717) is 0 Å². The SMILES string of the molecule is COC(=O)C(C)(CC(C)(C)C(C)(C)C)C(C)(C)C. The van der Waals surface area contributed by atoms with Crippen LogP contribution in [0.3, 0.4) is 0 Å². The van der Waals surface area contributed by atoms with E-state index in [4.69, 9.17) is 4.74 Å². The van der Waals surface area contributed by atoms with Crippen molar-refractivity contribution in [2.24, 2.45) is 21.7 Å². The Kier molecular flexibility index (Phi) is 4.72. The molecule has 0 spiro atoms. The summed E-state index contributed by atoms with van der Waals surface area (Å²) in [5.41, 5.74) is -0.391. The fraction of sp³-hybridized carbons (Fsp3) is 0.938. The minimum Gasteiger partial charge on any atom is -0.469 e. The molecule has 2 heteroatoms. The average Bonchev–Trinajstić information content (AvgIpc) is 2.11. The van der Waals surface area contributed by atoms with Crippen molar-refractivity contribution in [3.8, 4) is 0 Å². The highest BCUT2D eigenvalue weighted by Gasteiger charge is 2.50. The Bertz CT molecular complexity index is 302. The normalized spacial score (nSPS) is 17.2. The quantitative estimate of drug-likeness (QED) is 0.686. The lowest BCUT2D eigenvalue weighted by molar-refractivity contribution is -0.163. The maximum atomic E-state index is 12.3. The zero-order valence-electron chi connectivity index (χ0n) is 14.0. The Morgan fingerprint density at radius 1 is 0.833 bits per heavy atom. The average molecular weight is 256 g/mol. The molecule has 0 aliphatic heterocycles. The van der Waals surface area contributed by atoms with E-state index in [1.54, 1.807) is 0 Å². The molecule has 0 radical (unpaired) electrons. The van der Waals surface area contributed by atoms with Crippen LogP contribution in [0.2, 0.25) is 0 Å². The second kappa shape index (κ2) is 4.86. The Labute approximate surface area is 113 Å². The van der Waals surface area contributed by atoms with Gasteiger partial charge in [-0.15, -0.1) is 0 Å². The molecule has 0 amide bonds. The van der Waals surface area contributed by atoms with E-state index in [1.165, 1.54) is 7.11 Å². The van der Waals surface area contributed by atoms with Gasteiger partial charge in [-0.3, -0.25) is 4.79 Å². The number of hydrogen-bond donors (Lipinski definition) is 0. The highest BCUT2D eigenvalue weighted by atomic mass is 16.5. The molecule has 0 bridgehead atoms. The number of methoxy groups -OCH3 is 1. The molecular formula is C16H32O2. The third-order valence-corrected chi connectivity index (χ3v) is 5.12. The van der Waals surface area contributed by atoms with Crippen molar-refractivity contribution < 1.29 is 9.53 Å². The molecular weight excluding hydrogens is 224 g/mol. The molecule has 0 saturated carbocycles. The predicted molar refractivity (Wildman–Crippen MR) is 77.4 cm³/mol. The number of carbonyl (C=O) groups excluding carboxylic acids is 1. The van der Waals surface area contributed by atoms with Gasteiger partial charge >= 0.3 is 5.97 Å². The van der Waals surface area contributed by atoms with Gasteiger partial charge in [-0.1, -0.05) is 55.4 Å². The van der Waals surface area contributed by atoms with Gasteiger partial charge in [0.25, 0.3) is 0 Å². The van der Waals surface area contributed by atoms with E-state index in [1.807, 2.05) is 6.92 Å². The van der Waals surface area contributed by atoms with Crippen molar-refractivity contribution in [1.82, 2.24) is 0 Å². The van der Waals surface area contributed by atoms with E-state index in [9.17, 15) is 4.79 Å². The Morgan fingerprint density at radius 2 is 1.22 bits per heavy atom. The molecule has 0 rings (SSSR count). The van der Waals surface area contributed by atoms with Gasteiger partial charge in [0.05, 0.1) is 12.5 Å². The van der Waals surface area contributed by atoms with Crippen LogP contribution in [0.25, 0.3) is 0 Å². The first kappa shape index (κ1) is 17.5. The fourth-order valence-electron chi connectivity index (χ4n) is 2.02. The molecule has 0 aliphatic rings. The van der Waals surface area contributed by atoms with Crippen LogP contribution >= 0.6 is 0 Å². The number of hydrogen-bond acceptors (Lipinski definition) is 2. The third-order valence-electron chi connectivity index (χ3n) is 5.12. The molecule has 0 saturated heterocycles. The summed E-state index contributed by atoms with van der Waals surface area (Å²) in [7, 11) is 1.48. The van der Waals surface area contributed by atoms with E-state index in [-0.39, 0.29) is 22.2 Å². The van der Waals surface area contributed by atoms with Crippen molar-refractivity contribution in [3.63, 3.8) is 0 Å². The summed E-state index contributed by atoms with van der Waals surface area (Å²) in [5, 5.41) is 0. The maximum Gasteiger partial charge on any atom is 0.312 e. The van der Waals surface area contributed by atoms with Gasteiger partial charge in [0.1, 0.15) is 0 Å². The summed E-state index contributed by atoms with van der Waals surface area (Å²) in [6.07, 6.45) is 0.819. The molecule has 1 atom stereocenters. The Hall–Kier alpha value is -0.530. The summed E-state index contributed by atoms with van der Waals surface area (Å²) in [5.74, 6) is -0.104. The summed E-state index contributed by atoms with van der Waals surface area (Å²) in [4.78, 5) is 12.3. The number of esters is 1. The zero-order valence-corrected chi connectivity index (χ0v) is 14.0. The number of rotatable bonds is 3. The van der Waals surface area contributed by atoms with E-state index in [0.717, 1.165) is 6.42 Å². The van der Waals surface area contributed by atoms with Gasteiger partial charge in [-0.05, 0) is 29.6 Å². The molecule has 0 aliphatic carbocycles. The smallest absolute Gasteiger partial charge is 0.312 e. The molecule has 0 aromatic heterocycles. The first-order chi connectivity index (χ1) is 7.69. The van der Waals surface area contributed by atoms with E-state index < -0.39 is 5.41 Å². The topological polar surface area (TPSA) is 26.3 Å². The highest BCUT2D eigenvalue weighted by molar-refractivity contribution is 5.77. The van der Waals surface area contributed by atoms with Crippen LogP contribution in [-0.2, 0) is 9.53 Å². The summed E-state index contributed by atoms with van der Waals surface area (Å²) < 4.78 is 5.06. The molecule has 18 heavy (non-hydrogen) atoms. The van der Waals surface area contributed by atoms with Crippen LogP contribution < -0.4 is 0 Å². The van der Waals surface area contributed by atoms with Crippen LogP contribution in [0.15, 0.2) is 0 Å². The number of ether oxygens (including phenoxy) is 1. The van der Waals surface area contributed by atoms with Gasteiger partial charge in [-0.25, -0.2) is 0 Å². The molecule has 0 aromatic carbocycles. The molecule has 1 unspecified atom stereocenters. The summed E-state index contributed by atoms with van der Waals surface area (Å²) in [6.45, 7) is 19.5. The van der Waals surface area contributed by atoms with Crippen LogP contribution in [-0.4, -0.2) is 13.1 Å². The lowest BCUT2D eigenvalue weighted by atomic mass is 9.55. The van der Waals surface area contributed by atoms with Crippen LogP contribution in [0.5, 0.6) is 0 Å². The lowest BCUT2D eigenvalue weighted by Gasteiger charge is -2.48. The van der Waals surface area contributed by atoms with Crippen molar-refractivity contribution in [1.29, 1.82) is 0 Å². The molecule has 0 aromatic rings. The Balaban J connectivity index is 5.49. The minimum absolute atomic E-state index is 0.0587. The first-order valence-electron chi connectivity index (χ1n) is 6.77. The van der Waals surface area contributed by atoms with Gasteiger partial charge in [-0.2, -0.15) is 0 Å². The monoisotopic (exact) mass is 256 g/mol. The summed E-state index contributed by atoms with van der Waals surface area (Å²) >= 11 is 0. The van der Waals surface area contributed by atoms with Crippen LogP contribution in [0.1, 0.15) is 68.7 Å². The highest BCUT2D eigenvalue weighted by Crippen LogP contribution is 2.52. The molecule has 0 fully saturated rings. The molecule has 0 heterocycles. The second-order valence-electron chi connectivity index (χ2n) is 8.38. The molecule has 108 valence electrons. The minimum atomic E-state index is -0.474. The van der Waals surface area contributed by atoms with Crippen molar-refractivity contribution >= 4 is 5.97 Å². The molecule has 2 nitrogen and oxygen atoms in total.